The van der Waals surface area contributed by atoms with Gasteiger partial charge in [0.2, 0.25) is 0 Å². The Labute approximate surface area is 100 Å². The van der Waals surface area contributed by atoms with E-state index in [4.69, 9.17) is 27.9 Å². The Morgan fingerprint density at radius 3 is 2.43 bits per heavy atom. The quantitative estimate of drug-likeness (QED) is 0.523. The van der Waals surface area contributed by atoms with Crippen LogP contribution in [-0.4, -0.2) is 4.98 Å². The second-order valence-electron chi connectivity index (χ2n) is 2.33. The smallest absolute Gasteiger partial charge is 0.0239 e. The molecular weight excluding hydrogens is 276 g/mol. The molecule has 0 amide bonds. The van der Waals surface area contributed by atoms with E-state index in [0.29, 0.717) is 0 Å². The fraction of sp³-hybridized carbons (Fsp3) is 0. The van der Waals surface area contributed by atoms with Crippen LogP contribution < -0.4 is 0 Å². The third-order valence-corrected chi connectivity index (χ3v) is 1.43. The Morgan fingerprint density at radius 2 is 1.79 bits per heavy atom. The first-order chi connectivity index (χ1) is 6.70. The zero-order valence-electron chi connectivity index (χ0n) is 7.05. The molecule has 0 fully saturated rings. The van der Waals surface area contributed by atoms with Crippen LogP contribution in [0, 0.1) is 6.07 Å². The molecular formula is C9H6Cl3NTi. The molecule has 1 nitrogen and oxygen atoms in total. The number of nitrogens with zero attached hydrogens (tertiary/aromatic N) is 1. The summed E-state index contributed by atoms with van der Waals surface area (Å²) in [6, 6.07) is 12.9. The summed E-state index contributed by atoms with van der Waals surface area (Å²) < 4.78 is 0. The minimum atomic E-state index is -1.92. The minimum Gasteiger partial charge on any atom is -0.283 e. The molecule has 2 rings (SSSR count). The van der Waals surface area contributed by atoms with Gasteiger partial charge in [-0.25, -0.2) is 0 Å². The first-order valence-electron chi connectivity index (χ1n) is 3.75. The molecule has 0 aliphatic heterocycles. The Hall–Kier alpha value is 0.214. The van der Waals surface area contributed by atoms with Crippen molar-refractivity contribution in [2.24, 2.45) is 0 Å². The number of benzene rings is 1. The zero-order valence-corrected chi connectivity index (χ0v) is 10.9. The molecule has 0 unspecified atom stereocenters. The van der Waals surface area contributed by atoms with Gasteiger partial charge in [0.25, 0.3) is 0 Å². The van der Waals surface area contributed by atoms with Gasteiger partial charge in [-0.1, -0.05) is 6.07 Å². The summed E-state index contributed by atoms with van der Waals surface area (Å²) >= 11 is -1.92. The van der Waals surface area contributed by atoms with Gasteiger partial charge in [0.1, 0.15) is 0 Å². The summed E-state index contributed by atoms with van der Waals surface area (Å²) in [6.45, 7) is 0. The van der Waals surface area contributed by atoms with Crippen molar-refractivity contribution in [2.75, 3.05) is 0 Å². The Bertz CT molecular complexity index is 326. The second kappa shape index (κ2) is 6.65. The van der Waals surface area contributed by atoms with Crippen LogP contribution in [0.3, 0.4) is 0 Å². The summed E-state index contributed by atoms with van der Waals surface area (Å²) in [5.74, 6) is 0. The van der Waals surface area contributed by atoms with E-state index >= 15 is 0 Å². The van der Waals surface area contributed by atoms with Gasteiger partial charge in [-0.2, -0.15) is 24.3 Å². The first-order valence-corrected chi connectivity index (χ1v) is 10.2. The van der Waals surface area contributed by atoms with Gasteiger partial charge < -0.3 is 0 Å². The Balaban J connectivity index is 0.000000213. The van der Waals surface area contributed by atoms with Crippen molar-refractivity contribution >= 4 is 38.8 Å². The van der Waals surface area contributed by atoms with E-state index in [-0.39, 0.29) is 0 Å². The van der Waals surface area contributed by atoms with E-state index in [1.165, 1.54) is 0 Å². The molecule has 1 aromatic heterocycles. The average Bonchev–Trinajstić information content (AvgIpc) is 2.17. The first kappa shape index (κ1) is 12.3. The van der Waals surface area contributed by atoms with Crippen molar-refractivity contribution in [1.29, 1.82) is 0 Å². The van der Waals surface area contributed by atoms with Crippen LogP contribution in [0.15, 0.2) is 36.5 Å². The third-order valence-electron chi connectivity index (χ3n) is 1.43. The van der Waals surface area contributed by atoms with Gasteiger partial charge in [0, 0.05) is 6.20 Å². The van der Waals surface area contributed by atoms with Crippen molar-refractivity contribution in [3.8, 4) is 0 Å². The molecule has 0 bridgehead atoms. The van der Waals surface area contributed by atoms with Crippen molar-refractivity contribution in [2.45, 2.75) is 0 Å². The van der Waals surface area contributed by atoms with Crippen molar-refractivity contribution in [3.05, 3.63) is 42.6 Å². The molecule has 0 aliphatic carbocycles. The molecule has 0 N–H and O–H groups in total. The second-order valence-corrected chi connectivity index (χ2v) is 10.1. The summed E-state index contributed by atoms with van der Waals surface area (Å²) in [7, 11) is 14.9. The normalized spacial score (nSPS) is 9.07. The number of hydrogen-bond acceptors (Lipinski definition) is 1. The van der Waals surface area contributed by atoms with Crippen molar-refractivity contribution in [1.82, 2.24) is 4.98 Å². The Kier molecular flexibility index (Phi) is 5.84. The van der Waals surface area contributed by atoms with Gasteiger partial charge in [-0.15, -0.1) is 11.5 Å². The van der Waals surface area contributed by atoms with E-state index in [1.54, 1.807) is 6.20 Å². The molecule has 0 saturated carbocycles. The van der Waals surface area contributed by atoms with E-state index in [2.05, 4.69) is 11.1 Å². The van der Waals surface area contributed by atoms with Crippen LogP contribution >= 0.6 is 27.9 Å². The molecule has 72 valence electrons. The fourth-order valence-corrected chi connectivity index (χ4v) is 0.952. The number of halogens is 3. The molecule has 1 heterocycles. The molecule has 0 saturated heterocycles. The Morgan fingerprint density at radius 1 is 1.14 bits per heavy atom. The third kappa shape index (κ3) is 4.63. The maximum Gasteiger partial charge on any atom is 0.0239 e. The summed E-state index contributed by atoms with van der Waals surface area (Å²) in [6.07, 6.45) is 1.78. The summed E-state index contributed by atoms with van der Waals surface area (Å²) in [5.41, 5.74) is 0.935. The van der Waals surface area contributed by atoms with Crippen LogP contribution in [0.5, 0.6) is 0 Å². The maximum atomic E-state index is 4.97. The van der Waals surface area contributed by atoms with Crippen LogP contribution in [0.1, 0.15) is 0 Å². The molecule has 0 aliphatic rings. The van der Waals surface area contributed by atoms with Crippen molar-refractivity contribution in [3.63, 3.8) is 0 Å². The minimum absolute atomic E-state index is 0.935. The molecule has 2 aromatic rings. The van der Waals surface area contributed by atoms with Gasteiger partial charge in [0.15, 0.2) is 0 Å². The zero-order chi connectivity index (χ0) is 10.4. The van der Waals surface area contributed by atoms with E-state index in [9.17, 15) is 0 Å². The van der Waals surface area contributed by atoms with E-state index in [0.717, 1.165) is 10.9 Å². The maximum absolute atomic E-state index is 4.97. The predicted molar refractivity (Wildman–Crippen MR) is 58.1 cm³/mol. The molecule has 14 heavy (non-hydrogen) atoms. The molecule has 0 spiro atoms. The van der Waals surface area contributed by atoms with Gasteiger partial charge >= 0.3 is 42.6 Å². The van der Waals surface area contributed by atoms with Gasteiger partial charge in [-0.05, 0) is 5.52 Å². The summed E-state index contributed by atoms with van der Waals surface area (Å²) in [4.78, 5) is 4.13. The van der Waals surface area contributed by atoms with Crippen LogP contribution in [0.2, 0.25) is 0 Å². The number of fused-ring (bicyclic) bond motifs is 1. The number of pyridine rings is 1. The molecule has 0 radical (unpaired) electrons. The monoisotopic (exact) mass is 281 g/mol. The number of para-hydroxylation sites is 1. The predicted octanol–water partition coefficient (Wildman–Crippen LogP) is 4.10. The SMILES string of the molecule is [Cl][Ti+]([Cl])[Cl].[c-]1cccc2cccnc12. The number of rotatable bonds is 0. The number of hydrogen-bond donors (Lipinski definition) is 0. The van der Waals surface area contributed by atoms with Crippen LogP contribution in [0.25, 0.3) is 10.9 Å². The molecule has 0 atom stereocenters. The van der Waals surface area contributed by atoms with Crippen LogP contribution in [0.4, 0.5) is 0 Å². The summed E-state index contributed by atoms with van der Waals surface area (Å²) in [5, 5.41) is 1.14. The van der Waals surface area contributed by atoms with Crippen LogP contribution in [-0.2, 0) is 14.7 Å². The van der Waals surface area contributed by atoms with Gasteiger partial charge in [0.05, 0.1) is 0 Å². The largest absolute Gasteiger partial charge is 0.283 e. The van der Waals surface area contributed by atoms with Crippen molar-refractivity contribution < 1.29 is 14.7 Å². The number of aromatic nitrogens is 1. The fourth-order valence-electron chi connectivity index (χ4n) is 0.952. The van der Waals surface area contributed by atoms with E-state index in [1.807, 2.05) is 30.3 Å². The standard InChI is InChI=1S/C9H6N.3ClH.Ti/c1-2-6-9-8(4-1)5-3-7-10-9;;;;/h1-5,7H;3*1H;/q-1;;;;+4/p-3. The van der Waals surface area contributed by atoms with E-state index < -0.39 is 14.7 Å². The topological polar surface area (TPSA) is 12.9 Å². The molecule has 1 aromatic carbocycles. The average molecular weight is 282 g/mol. The van der Waals surface area contributed by atoms with Gasteiger partial charge in [-0.3, -0.25) is 4.98 Å². The molecule has 5 heteroatoms.